The lowest BCUT2D eigenvalue weighted by Gasteiger charge is -2.64. The average molecular weight is 447 g/mol. The first-order valence-electron chi connectivity index (χ1n) is 12.0. The Labute approximate surface area is 191 Å². The molecular formula is C26H38O6. The van der Waals surface area contributed by atoms with Crippen LogP contribution >= 0.6 is 0 Å². The van der Waals surface area contributed by atoms with E-state index in [-0.39, 0.29) is 58.0 Å². The number of allylic oxidation sites excluding steroid dienone is 1. The SMILES string of the molecule is CC(=O)OC[C@@]1(C)CCC[C@]2(C)[C@@H]1C[C@H](OC(C)=O)[C@@]13C[C@@H](C=C[C@@H]21)[C@](C)(OC(C)=O)C3. The zero-order valence-corrected chi connectivity index (χ0v) is 20.4. The molecule has 0 unspecified atom stereocenters. The number of hydrogen-bond donors (Lipinski definition) is 0. The molecule has 1 spiro atoms. The van der Waals surface area contributed by atoms with Crippen molar-refractivity contribution in [2.24, 2.45) is 34.0 Å². The second-order valence-electron chi connectivity index (χ2n) is 11.7. The fourth-order valence-corrected chi connectivity index (χ4v) is 8.39. The minimum Gasteiger partial charge on any atom is -0.465 e. The van der Waals surface area contributed by atoms with Crippen molar-refractivity contribution in [3.05, 3.63) is 12.2 Å². The van der Waals surface area contributed by atoms with E-state index in [1.807, 2.05) is 6.92 Å². The van der Waals surface area contributed by atoms with Gasteiger partial charge >= 0.3 is 17.9 Å². The lowest BCUT2D eigenvalue weighted by molar-refractivity contribution is -0.208. The predicted molar refractivity (Wildman–Crippen MR) is 118 cm³/mol. The molecular weight excluding hydrogens is 408 g/mol. The van der Waals surface area contributed by atoms with E-state index < -0.39 is 5.60 Å². The van der Waals surface area contributed by atoms with Crippen molar-refractivity contribution in [2.75, 3.05) is 6.61 Å². The Morgan fingerprint density at radius 2 is 1.69 bits per heavy atom. The van der Waals surface area contributed by atoms with Gasteiger partial charge in [0.2, 0.25) is 0 Å². The zero-order valence-electron chi connectivity index (χ0n) is 20.4. The van der Waals surface area contributed by atoms with Gasteiger partial charge in [0.05, 0.1) is 6.61 Å². The molecule has 6 heteroatoms. The third-order valence-corrected chi connectivity index (χ3v) is 9.41. The summed E-state index contributed by atoms with van der Waals surface area (Å²) < 4.78 is 17.5. The van der Waals surface area contributed by atoms with Crippen LogP contribution in [0.15, 0.2) is 12.2 Å². The summed E-state index contributed by atoms with van der Waals surface area (Å²) in [5, 5.41) is 0. The molecule has 2 bridgehead atoms. The first kappa shape index (κ1) is 23.3. The van der Waals surface area contributed by atoms with E-state index in [9.17, 15) is 14.4 Å². The van der Waals surface area contributed by atoms with Gasteiger partial charge in [0.1, 0.15) is 11.7 Å². The van der Waals surface area contributed by atoms with E-state index in [1.54, 1.807) is 0 Å². The Morgan fingerprint density at radius 1 is 0.969 bits per heavy atom. The highest BCUT2D eigenvalue weighted by Crippen LogP contribution is 2.72. The lowest BCUT2D eigenvalue weighted by Crippen LogP contribution is -2.62. The second kappa shape index (κ2) is 7.59. The Morgan fingerprint density at radius 3 is 2.31 bits per heavy atom. The standard InChI is InChI=1S/C26H38O6/c1-16(27)30-15-23(4)10-7-11-24(5)20-9-8-19-13-26(20,14-25(19,6)32-18(3)29)22(12-21(23)24)31-17(2)28/h8-9,19-22H,7,10-15H2,1-6H3/t19-,20+,21-,22+,23-,24+,25-,26-/m1/s1. The van der Waals surface area contributed by atoms with Crippen LogP contribution in [0.25, 0.3) is 0 Å². The van der Waals surface area contributed by atoms with E-state index in [4.69, 9.17) is 14.2 Å². The summed E-state index contributed by atoms with van der Waals surface area (Å²) in [7, 11) is 0. The second-order valence-corrected chi connectivity index (χ2v) is 11.7. The van der Waals surface area contributed by atoms with Crippen LogP contribution < -0.4 is 0 Å². The van der Waals surface area contributed by atoms with Crippen LogP contribution in [0.1, 0.15) is 80.1 Å². The molecule has 0 aromatic carbocycles. The van der Waals surface area contributed by atoms with Gasteiger partial charge in [-0.15, -0.1) is 0 Å². The summed E-state index contributed by atoms with van der Waals surface area (Å²) in [4.78, 5) is 35.8. The summed E-state index contributed by atoms with van der Waals surface area (Å²) >= 11 is 0. The predicted octanol–water partition coefficient (Wildman–Crippen LogP) is 4.60. The largest absolute Gasteiger partial charge is 0.465 e. The van der Waals surface area contributed by atoms with E-state index in [1.165, 1.54) is 20.8 Å². The first-order chi connectivity index (χ1) is 14.8. The number of hydrogen-bond acceptors (Lipinski definition) is 6. The molecule has 0 radical (unpaired) electrons. The number of rotatable bonds is 4. The van der Waals surface area contributed by atoms with E-state index in [2.05, 4.69) is 26.0 Å². The van der Waals surface area contributed by atoms with Crippen molar-refractivity contribution in [3.8, 4) is 0 Å². The van der Waals surface area contributed by atoms with Crippen LogP contribution in [0.2, 0.25) is 0 Å². The molecule has 0 saturated heterocycles. The number of esters is 3. The average Bonchev–Trinajstić information content (AvgIpc) is 2.87. The fraction of sp³-hybridized carbons (Fsp3) is 0.808. The Kier molecular flexibility index (Phi) is 5.53. The number of carbonyl (C=O) groups excluding carboxylic acids is 3. The fourth-order valence-electron chi connectivity index (χ4n) is 8.39. The lowest BCUT2D eigenvalue weighted by atomic mass is 9.41. The molecule has 0 amide bonds. The molecule has 6 nitrogen and oxygen atoms in total. The van der Waals surface area contributed by atoms with Crippen LogP contribution in [0, 0.1) is 34.0 Å². The summed E-state index contributed by atoms with van der Waals surface area (Å²) in [5.41, 5.74) is -1.01. The van der Waals surface area contributed by atoms with Crippen LogP contribution in [-0.4, -0.2) is 36.2 Å². The molecule has 0 aromatic rings. The Bertz CT molecular complexity index is 849. The smallest absolute Gasteiger partial charge is 0.303 e. The van der Waals surface area contributed by atoms with Gasteiger partial charge in [-0.3, -0.25) is 14.4 Å². The maximum Gasteiger partial charge on any atom is 0.303 e. The molecule has 3 saturated carbocycles. The summed E-state index contributed by atoms with van der Waals surface area (Å²) in [6.07, 6.45) is 9.80. The summed E-state index contributed by atoms with van der Waals surface area (Å²) in [6.45, 7) is 11.4. The molecule has 0 aliphatic heterocycles. The molecule has 178 valence electrons. The first-order valence-corrected chi connectivity index (χ1v) is 12.0. The highest BCUT2D eigenvalue weighted by Gasteiger charge is 2.70. The van der Waals surface area contributed by atoms with Crippen LogP contribution in [0.5, 0.6) is 0 Å². The summed E-state index contributed by atoms with van der Waals surface area (Å²) in [5.74, 6) is -0.200. The Balaban J connectivity index is 1.77. The molecule has 4 rings (SSSR count). The van der Waals surface area contributed by atoms with Crippen molar-refractivity contribution in [3.63, 3.8) is 0 Å². The van der Waals surface area contributed by atoms with Gasteiger partial charge in [0.15, 0.2) is 0 Å². The van der Waals surface area contributed by atoms with Gasteiger partial charge in [0.25, 0.3) is 0 Å². The maximum absolute atomic E-state index is 12.2. The molecule has 8 atom stereocenters. The third kappa shape index (κ3) is 3.49. The van der Waals surface area contributed by atoms with E-state index in [0.717, 1.165) is 32.1 Å². The van der Waals surface area contributed by atoms with E-state index in [0.29, 0.717) is 13.0 Å². The summed E-state index contributed by atoms with van der Waals surface area (Å²) in [6, 6.07) is 0. The van der Waals surface area contributed by atoms with Crippen molar-refractivity contribution in [1.82, 2.24) is 0 Å². The number of carbonyl (C=O) groups is 3. The van der Waals surface area contributed by atoms with Crippen LogP contribution in [0.3, 0.4) is 0 Å². The zero-order chi connectivity index (χ0) is 23.5. The number of fused-ring (bicyclic) bond motifs is 3. The Hall–Kier alpha value is -1.85. The molecule has 0 aromatic heterocycles. The molecule has 32 heavy (non-hydrogen) atoms. The third-order valence-electron chi connectivity index (χ3n) is 9.41. The van der Waals surface area contributed by atoms with Crippen molar-refractivity contribution < 1.29 is 28.6 Å². The maximum atomic E-state index is 12.2. The van der Waals surface area contributed by atoms with Gasteiger partial charge in [-0.05, 0) is 56.3 Å². The van der Waals surface area contributed by atoms with Gasteiger partial charge in [-0.25, -0.2) is 0 Å². The van der Waals surface area contributed by atoms with E-state index >= 15 is 0 Å². The molecule has 0 heterocycles. The molecule has 3 fully saturated rings. The molecule has 4 aliphatic rings. The van der Waals surface area contributed by atoms with Crippen LogP contribution in [0.4, 0.5) is 0 Å². The van der Waals surface area contributed by atoms with Gasteiger partial charge < -0.3 is 14.2 Å². The monoisotopic (exact) mass is 446 g/mol. The highest BCUT2D eigenvalue weighted by molar-refractivity contribution is 5.67. The van der Waals surface area contributed by atoms with Crippen molar-refractivity contribution >= 4 is 17.9 Å². The van der Waals surface area contributed by atoms with Crippen LogP contribution in [-0.2, 0) is 28.6 Å². The van der Waals surface area contributed by atoms with Gasteiger partial charge in [-0.1, -0.05) is 32.4 Å². The minimum absolute atomic E-state index is 0.00720. The molecule has 0 N–H and O–H groups in total. The van der Waals surface area contributed by atoms with Crippen molar-refractivity contribution in [2.45, 2.75) is 91.8 Å². The van der Waals surface area contributed by atoms with Gasteiger partial charge in [-0.2, -0.15) is 0 Å². The number of ether oxygens (including phenoxy) is 3. The normalized spacial score (nSPS) is 46.6. The quantitative estimate of drug-likeness (QED) is 0.357. The van der Waals surface area contributed by atoms with Crippen molar-refractivity contribution in [1.29, 1.82) is 0 Å². The minimum atomic E-state index is -0.589. The molecule has 4 aliphatic carbocycles. The van der Waals surface area contributed by atoms with Gasteiger partial charge in [0, 0.05) is 37.5 Å². The highest BCUT2D eigenvalue weighted by atomic mass is 16.6. The topological polar surface area (TPSA) is 78.9 Å².